The Bertz CT molecular complexity index is 785. The number of benzene rings is 1. The molecule has 0 saturated carbocycles. The normalized spacial score (nSPS) is 11.4. The van der Waals surface area contributed by atoms with Crippen molar-refractivity contribution in [1.82, 2.24) is 14.9 Å². The fourth-order valence-electron chi connectivity index (χ4n) is 1.87. The molecule has 8 nitrogen and oxygen atoms in total. The number of carbonyl (C=O) groups is 1. The highest BCUT2D eigenvalue weighted by atomic mass is 32.2. The van der Waals surface area contributed by atoms with Crippen LogP contribution in [0, 0.1) is 0 Å². The summed E-state index contributed by atoms with van der Waals surface area (Å²) in [6, 6.07) is 7.63. The molecule has 0 bridgehead atoms. The maximum atomic E-state index is 12.1. The quantitative estimate of drug-likeness (QED) is 0.583. The van der Waals surface area contributed by atoms with Gasteiger partial charge in [-0.15, -0.1) is 0 Å². The molecule has 1 aromatic carbocycles. The Balaban J connectivity index is 2.15. The van der Waals surface area contributed by atoms with Gasteiger partial charge in [0.25, 0.3) is 5.91 Å². The number of aryl methyl sites for hydroxylation is 1. The van der Waals surface area contributed by atoms with E-state index in [2.05, 4.69) is 20.2 Å². The van der Waals surface area contributed by atoms with Gasteiger partial charge >= 0.3 is 0 Å². The first-order chi connectivity index (χ1) is 11.0. The summed E-state index contributed by atoms with van der Waals surface area (Å²) >= 11 is 0. The monoisotopic (exact) mass is 337 g/mol. The van der Waals surface area contributed by atoms with E-state index in [-0.39, 0.29) is 23.7 Å². The van der Waals surface area contributed by atoms with Gasteiger partial charge < -0.3 is 11.1 Å². The van der Waals surface area contributed by atoms with Crippen molar-refractivity contribution in [2.45, 2.75) is 18.2 Å². The molecule has 1 aromatic heterocycles. The van der Waals surface area contributed by atoms with Crippen LogP contribution in [-0.2, 0) is 16.4 Å². The molecule has 2 aromatic rings. The highest BCUT2D eigenvalue weighted by Crippen LogP contribution is 2.16. The van der Waals surface area contributed by atoms with E-state index in [1.807, 2.05) is 6.92 Å². The van der Waals surface area contributed by atoms with E-state index in [9.17, 15) is 13.2 Å². The molecular formula is C14H19N5O3S. The Labute approximate surface area is 134 Å². The van der Waals surface area contributed by atoms with Crippen LogP contribution in [0.4, 0.5) is 5.69 Å². The summed E-state index contributed by atoms with van der Waals surface area (Å²) in [6.07, 6.45) is 0.737. The number of aromatic amines is 1. The predicted octanol–water partition coefficient (Wildman–Crippen LogP) is 0.461. The van der Waals surface area contributed by atoms with Gasteiger partial charge in [-0.1, -0.05) is 13.0 Å². The number of amides is 1. The van der Waals surface area contributed by atoms with Gasteiger partial charge in [-0.05, 0) is 30.7 Å². The number of nitrogens with two attached hydrogens (primary N) is 1. The first kappa shape index (κ1) is 17.1. The minimum atomic E-state index is -3.65. The molecule has 0 fully saturated rings. The molecule has 2 rings (SSSR count). The van der Waals surface area contributed by atoms with E-state index < -0.39 is 15.9 Å². The Morgan fingerprint density at radius 3 is 2.78 bits per heavy atom. The van der Waals surface area contributed by atoms with Crippen molar-refractivity contribution < 1.29 is 13.2 Å². The standard InChI is InChI=1S/C14H19N5O3S/c1-2-10-9-13(19-18-10)14(20)17-11-4-3-5-12(8-11)23(21,22)16-7-6-15/h3-5,8-9,16H,2,6-7,15H2,1H3,(H,17,20)(H,18,19). The highest BCUT2D eigenvalue weighted by molar-refractivity contribution is 7.89. The van der Waals surface area contributed by atoms with Crippen LogP contribution < -0.4 is 15.8 Å². The lowest BCUT2D eigenvalue weighted by atomic mass is 10.3. The van der Waals surface area contributed by atoms with Crippen LogP contribution in [0.2, 0.25) is 0 Å². The smallest absolute Gasteiger partial charge is 0.276 e. The number of sulfonamides is 1. The molecule has 5 N–H and O–H groups in total. The second kappa shape index (κ2) is 7.36. The van der Waals surface area contributed by atoms with Crippen molar-refractivity contribution in [2.24, 2.45) is 5.73 Å². The number of rotatable bonds is 7. The third-order valence-electron chi connectivity index (χ3n) is 3.08. The Hall–Kier alpha value is -2.23. The molecule has 0 atom stereocenters. The second-order valence-corrected chi connectivity index (χ2v) is 6.57. The molecule has 0 unspecified atom stereocenters. The fourth-order valence-corrected chi connectivity index (χ4v) is 2.96. The number of carbonyl (C=O) groups excluding carboxylic acids is 1. The van der Waals surface area contributed by atoms with Gasteiger partial charge in [-0.2, -0.15) is 5.10 Å². The third kappa shape index (κ3) is 4.38. The second-order valence-electron chi connectivity index (χ2n) is 4.80. The van der Waals surface area contributed by atoms with Crippen molar-refractivity contribution in [3.63, 3.8) is 0 Å². The number of anilines is 1. The molecule has 0 saturated heterocycles. The van der Waals surface area contributed by atoms with Crippen LogP contribution in [-0.4, -0.2) is 37.6 Å². The van der Waals surface area contributed by atoms with Crippen LogP contribution in [0.1, 0.15) is 23.1 Å². The van der Waals surface area contributed by atoms with E-state index in [0.717, 1.165) is 12.1 Å². The summed E-state index contributed by atoms with van der Waals surface area (Å²) in [7, 11) is -3.65. The maximum absolute atomic E-state index is 12.1. The largest absolute Gasteiger partial charge is 0.329 e. The number of H-pyrrole nitrogens is 1. The average Bonchev–Trinajstić information content (AvgIpc) is 3.02. The molecule has 23 heavy (non-hydrogen) atoms. The molecule has 124 valence electrons. The van der Waals surface area contributed by atoms with Crippen molar-refractivity contribution in [3.8, 4) is 0 Å². The van der Waals surface area contributed by atoms with Crippen molar-refractivity contribution in [1.29, 1.82) is 0 Å². The van der Waals surface area contributed by atoms with Crippen LogP contribution in [0.15, 0.2) is 35.2 Å². The van der Waals surface area contributed by atoms with E-state index in [1.165, 1.54) is 12.1 Å². The van der Waals surface area contributed by atoms with E-state index >= 15 is 0 Å². The molecule has 0 aliphatic heterocycles. The third-order valence-corrected chi connectivity index (χ3v) is 4.54. The van der Waals surface area contributed by atoms with Crippen molar-refractivity contribution in [3.05, 3.63) is 41.7 Å². The van der Waals surface area contributed by atoms with Gasteiger partial charge in [-0.3, -0.25) is 9.89 Å². The van der Waals surface area contributed by atoms with Gasteiger partial charge in [0.05, 0.1) is 4.90 Å². The molecule has 0 aliphatic rings. The van der Waals surface area contributed by atoms with Crippen LogP contribution in [0.5, 0.6) is 0 Å². The molecular weight excluding hydrogens is 318 g/mol. The summed E-state index contributed by atoms with van der Waals surface area (Å²) in [5.41, 5.74) is 6.75. The Morgan fingerprint density at radius 2 is 2.13 bits per heavy atom. The predicted molar refractivity (Wildman–Crippen MR) is 86.6 cm³/mol. The topological polar surface area (TPSA) is 130 Å². The van der Waals surface area contributed by atoms with Crippen LogP contribution >= 0.6 is 0 Å². The van der Waals surface area contributed by atoms with Gasteiger partial charge in [0.1, 0.15) is 0 Å². The van der Waals surface area contributed by atoms with Crippen molar-refractivity contribution >= 4 is 21.6 Å². The molecule has 0 spiro atoms. The fraction of sp³-hybridized carbons (Fsp3) is 0.286. The van der Waals surface area contributed by atoms with Gasteiger partial charge in [0, 0.05) is 24.5 Å². The first-order valence-corrected chi connectivity index (χ1v) is 8.60. The van der Waals surface area contributed by atoms with Gasteiger partial charge in [0.2, 0.25) is 10.0 Å². The number of nitrogens with one attached hydrogen (secondary N) is 3. The maximum Gasteiger partial charge on any atom is 0.276 e. The number of hydrogen-bond acceptors (Lipinski definition) is 5. The molecule has 1 amide bonds. The summed E-state index contributed by atoms with van der Waals surface area (Å²) in [6.45, 7) is 2.29. The minimum absolute atomic E-state index is 0.0556. The lowest BCUT2D eigenvalue weighted by molar-refractivity contribution is 0.102. The summed E-state index contributed by atoms with van der Waals surface area (Å²) in [5.74, 6) is -0.412. The Morgan fingerprint density at radius 1 is 1.35 bits per heavy atom. The van der Waals surface area contributed by atoms with E-state index in [1.54, 1.807) is 18.2 Å². The van der Waals surface area contributed by atoms with Crippen molar-refractivity contribution in [2.75, 3.05) is 18.4 Å². The lowest BCUT2D eigenvalue weighted by Gasteiger charge is -2.08. The summed E-state index contributed by atoms with van der Waals surface area (Å²) < 4.78 is 26.5. The highest BCUT2D eigenvalue weighted by Gasteiger charge is 2.15. The SMILES string of the molecule is CCc1cc(C(=O)Nc2cccc(S(=O)(=O)NCCN)c2)n[nH]1. The van der Waals surface area contributed by atoms with Crippen LogP contribution in [0.25, 0.3) is 0 Å². The summed E-state index contributed by atoms with van der Waals surface area (Å²) in [4.78, 5) is 12.2. The summed E-state index contributed by atoms with van der Waals surface area (Å²) in [5, 5.41) is 9.29. The zero-order valence-corrected chi connectivity index (χ0v) is 13.5. The van der Waals surface area contributed by atoms with E-state index in [4.69, 9.17) is 5.73 Å². The minimum Gasteiger partial charge on any atom is -0.329 e. The zero-order valence-electron chi connectivity index (χ0n) is 12.7. The molecule has 0 radical (unpaired) electrons. The zero-order chi connectivity index (χ0) is 16.9. The van der Waals surface area contributed by atoms with E-state index in [0.29, 0.717) is 5.69 Å². The van der Waals surface area contributed by atoms with Crippen LogP contribution in [0.3, 0.4) is 0 Å². The number of nitrogens with zero attached hydrogens (tertiary/aromatic N) is 1. The first-order valence-electron chi connectivity index (χ1n) is 7.11. The van der Waals surface area contributed by atoms with Gasteiger partial charge in [-0.25, -0.2) is 13.1 Å². The van der Waals surface area contributed by atoms with Gasteiger partial charge in [0.15, 0.2) is 5.69 Å². The molecule has 9 heteroatoms. The average molecular weight is 337 g/mol. The lowest BCUT2D eigenvalue weighted by Crippen LogP contribution is -2.29. The Kier molecular flexibility index (Phi) is 5.48. The molecule has 1 heterocycles. The number of hydrogen-bond donors (Lipinski definition) is 4. The molecule has 0 aliphatic carbocycles. The number of aromatic nitrogens is 2.